The maximum atomic E-state index is 11.7. The van der Waals surface area contributed by atoms with Gasteiger partial charge >= 0.3 is 0 Å². The highest BCUT2D eigenvalue weighted by atomic mass is 15.2. The molecule has 0 radical (unpaired) electrons. The van der Waals surface area contributed by atoms with Crippen molar-refractivity contribution in [2.45, 2.75) is 194 Å². The third kappa shape index (κ3) is 16.1. The molecule has 1 aliphatic rings. The third-order valence-corrected chi connectivity index (χ3v) is 10.6. The molecule has 0 spiro atoms. The average Bonchev–Trinajstić information content (AvgIpc) is 3.47. The van der Waals surface area contributed by atoms with Gasteiger partial charge in [0.05, 0.1) is 0 Å². The molecule has 50 heavy (non-hydrogen) atoms. The van der Waals surface area contributed by atoms with E-state index in [2.05, 4.69) is 87.5 Å². The van der Waals surface area contributed by atoms with Crippen LogP contribution in [0.5, 0.6) is 0 Å². The van der Waals surface area contributed by atoms with Gasteiger partial charge in [0.1, 0.15) is 0 Å². The van der Waals surface area contributed by atoms with E-state index >= 15 is 0 Å². The predicted octanol–water partition coefficient (Wildman–Crippen LogP) is 15.9. The Morgan fingerprint density at radius 2 is 1.06 bits per heavy atom. The quantitative estimate of drug-likeness (QED) is 0.0446. The largest absolute Gasteiger partial charge is 0.493 e. The van der Waals surface area contributed by atoms with Crippen LogP contribution in [0.1, 0.15) is 204 Å². The Bertz CT molecular complexity index is 1290. The van der Waals surface area contributed by atoms with Gasteiger partial charge in [0.15, 0.2) is 0 Å². The van der Waals surface area contributed by atoms with E-state index in [1.54, 1.807) is 0 Å². The fraction of sp³-hybridized carbons (Fsp3) is 0.625. The van der Waals surface area contributed by atoms with Crippen molar-refractivity contribution in [3.63, 3.8) is 0 Å². The van der Waals surface area contributed by atoms with Crippen LogP contribution in [0.3, 0.4) is 0 Å². The minimum Gasteiger partial charge on any atom is -0.493 e. The smallest absolute Gasteiger partial charge is 0.210 e. The van der Waals surface area contributed by atoms with Crippen molar-refractivity contribution in [3.05, 3.63) is 100 Å². The number of hydrogen-bond donors (Lipinski definition) is 0. The number of aryl methyl sites for hydroxylation is 2. The molecule has 0 aromatic heterocycles. The van der Waals surface area contributed by atoms with Gasteiger partial charge in [-0.15, -0.1) is 0 Å². The molecule has 1 heterocycles. The normalized spacial score (nSPS) is 13.3. The van der Waals surface area contributed by atoms with Crippen LogP contribution in [0.4, 0.5) is 0 Å². The molecule has 0 aliphatic carbocycles. The molecule has 0 amide bonds. The Labute approximate surface area is 309 Å². The predicted molar refractivity (Wildman–Crippen MR) is 220 cm³/mol. The third-order valence-electron chi connectivity index (χ3n) is 10.6. The first-order chi connectivity index (χ1) is 24.7. The van der Waals surface area contributed by atoms with E-state index in [1.165, 1.54) is 156 Å². The van der Waals surface area contributed by atoms with Gasteiger partial charge in [-0.2, -0.15) is 0 Å². The van der Waals surface area contributed by atoms with Crippen LogP contribution in [0.2, 0.25) is 0 Å². The summed E-state index contributed by atoms with van der Waals surface area (Å²) in [6.45, 7) is 6.79. The van der Waals surface area contributed by atoms with Gasteiger partial charge in [0, 0.05) is 22.8 Å². The zero-order chi connectivity index (χ0) is 35.5. The van der Waals surface area contributed by atoms with Gasteiger partial charge in [-0.25, -0.2) is 4.70 Å². The van der Waals surface area contributed by atoms with Gasteiger partial charge < -0.3 is 5.53 Å². The molecule has 0 saturated heterocycles. The van der Waals surface area contributed by atoms with Crippen LogP contribution in [-0.4, -0.2) is 4.70 Å². The second-order valence-electron chi connectivity index (χ2n) is 15.1. The topological polar surface area (TPSA) is 25.3 Å². The van der Waals surface area contributed by atoms with Gasteiger partial charge in [-0.3, -0.25) is 0 Å². The average molecular weight is 679 g/mol. The van der Waals surface area contributed by atoms with Crippen molar-refractivity contribution in [2.24, 2.45) is 0 Å². The van der Waals surface area contributed by atoms with Crippen LogP contribution >= 0.6 is 0 Å². The van der Waals surface area contributed by atoms with Crippen molar-refractivity contribution < 1.29 is 4.70 Å². The molecular formula is C48H74N2. The number of nitrogens with zero attached hydrogens (tertiary/aromatic N) is 2. The molecule has 0 atom stereocenters. The number of hydrogen-bond acceptors (Lipinski definition) is 0. The minimum atomic E-state index is 0.920. The lowest BCUT2D eigenvalue weighted by Gasteiger charge is -2.13. The van der Waals surface area contributed by atoms with Crippen LogP contribution in [-0.2, 0) is 12.8 Å². The van der Waals surface area contributed by atoms with Gasteiger partial charge in [-0.1, -0.05) is 185 Å². The lowest BCUT2D eigenvalue weighted by atomic mass is 9.98. The highest BCUT2D eigenvalue weighted by molar-refractivity contribution is 5.79. The molecule has 2 heteroatoms. The van der Waals surface area contributed by atoms with Gasteiger partial charge in [0.25, 0.3) is 0 Å². The van der Waals surface area contributed by atoms with Crippen molar-refractivity contribution in [2.75, 3.05) is 0 Å². The van der Waals surface area contributed by atoms with Crippen LogP contribution in [0, 0.1) is 0 Å². The maximum absolute atomic E-state index is 11.7. The Morgan fingerprint density at radius 3 is 1.68 bits per heavy atom. The van der Waals surface area contributed by atoms with Crippen molar-refractivity contribution in [1.29, 1.82) is 0 Å². The van der Waals surface area contributed by atoms with Crippen molar-refractivity contribution in [1.82, 2.24) is 0 Å². The number of allylic oxidation sites excluding steroid dienone is 4. The molecule has 3 rings (SSSR count). The van der Waals surface area contributed by atoms with Crippen molar-refractivity contribution >= 4 is 11.4 Å². The SMILES string of the molecule is CCCCCCCCCCCCCCCCCCCCC=CCCc1ccccc1C1=CC(CCCC)=C(c2cccc(CCCC)c2)[N+]1=[N-]. The summed E-state index contributed by atoms with van der Waals surface area (Å²) in [4.78, 5) is 0. The summed E-state index contributed by atoms with van der Waals surface area (Å²) in [6.07, 6.45) is 42.7. The zero-order valence-corrected chi connectivity index (χ0v) is 32.8. The van der Waals surface area contributed by atoms with E-state index in [0.29, 0.717) is 0 Å². The van der Waals surface area contributed by atoms with Crippen molar-refractivity contribution in [3.8, 4) is 0 Å². The number of rotatable bonds is 30. The summed E-state index contributed by atoms with van der Waals surface area (Å²) in [5.41, 5.74) is 19.7. The Hall–Kier alpha value is -2.74. The van der Waals surface area contributed by atoms with E-state index in [4.69, 9.17) is 0 Å². The summed E-state index contributed by atoms with van der Waals surface area (Å²) in [5, 5.41) is 0. The van der Waals surface area contributed by atoms with E-state index in [0.717, 1.165) is 61.0 Å². The molecule has 2 aromatic carbocycles. The van der Waals surface area contributed by atoms with E-state index < -0.39 is 0 Å². The van der Waals surface area contributed by atoms with E-state index in [1.807, 2.05) is 0 Å². The summed E-state index contributed by atoms with van der Waals surface area (Å²) in [7, 11) is 0. The molecule has 2 nitrogen and oxygen atoms in total. The molecule has 0 N–H and O–H groups in total. The molecule has 0 fully saturated rings. The highest BCUT2D eigenvalue weighted by Crippen LogP contribution is 2.38. The van der Waals surface area contributed by atoms with Gasteiger partial charge in [0.2, 0.25) is 11.4 Å². The number of benzene rings is 2. The second-order valence-corrected chi connectivity index (χ2v) is 15.1. The first-order valence-corrected chi connectivity index (χ1v) is 21.5. The lowest BCUT2D eigenvalue weighted by Crippen LogP contribution is -2.05. The second kappa shape index (κ2) is 27.0. The molecule has 0 saturated carbocycles. The minimum absolute atomic E-state index is 0.920. The highest BCUT2D eigenvalue weighted by Gasteiger charge is 2.29. The summed E-state index contributed by atoms with van der Waals surface area (Å²) in [5.74, 6) is 0. The maximum Gasteiger partial charge on any atom is 0.210 e. The fourth-order valence-corrected chi connectivity index (χ4v) is 7.49. The summed E-state index contributed by atoms with van der Waals surface area (Å²) < 4.78 is 1.48. The fourth-order valence-electron chi connectivity index (χ4n) is 7.49. The summed E-state index contributed by atoms with van der Waals surface area (Å²) >= 11 is 0. The first-order valence-electron chi connectivity index (χ1n) is 21.5. The van der Waals surface area contributed by atoms with E-state index in [9.17, 15) is 5.53 Å². The summed E-state index contributed by atoms with van der Waals surface area (Å²) in [6, 6.07) is 17.5. The molecule has 0 bridgehead atoms. The Balaban J connectivity index is 1.31. The van der Waals surface area contributed by atoms with Crippen LogP contribution < -0.4 is 0 Å². The molecular weight excluding hydrogens is 605 g/mol. The lowest BCUT2D eigenvalue weighted by molar-refractivity contribution is -0.344. The van der Waals surface area contributed by atoms with Crippen LogP contribution in [0.25, 0.3) is 16.9 Å². The molecule has 2 aromatic rings. The Kier molecular flexibility index (Phi) is 22.5. The molecule has 276 valence electrons. The number of unbranched alkanes of at least 4 members (excludes halogenated alkanes) is 20. The van der Waals surface area contributed by atoms with Crippen LogP contribution in [0.15, 0.2) is 72.3 Å². The molecule has 0 unspecified atom stereocenters. The monoisotopic (exact) mass is 679 g/mol. The standard InChI is InChI=1S/C48H74N2/c1-4-7-10-11-12-13-14-15-16-17-18-19-20-21-22-23-24-25-26-27-28-29-36-43-37-30-31-39-46(43)47-41-45(35-9-6-3)48(50(47)49)44-38-32-34-42(40-44)33-8-5-2/h27-28,30-32,34,37-41H,4-26,29,33,35-36H2,1-3H3. The van der Waals surface area contributed by atoms with E-state index in [-0.39, 0.29) is 0 Å². The molecule has 1 aliphatic heterocycles. The Morgan fingerprint density at radius 1 is 0.520 bits per heavy atom. The van der Waals surface area contributed by atoms with Gasteiger partial charge in [-0.05, 0) is 80.7 Å². The zero-order valence-electron chi connectivity index (χ0n) is 32.8. The first kappa shape index (κ1) is 41.7.